The van der Waals surface area contributed by atoms with Crippen molar-refractivity contribution in [3.63, 3.8) is 0 Å². The van der Waals surface area contributed by atoms with Gasteiger partial charge in [0.05, 0.1) is 24.0 Å². The van der Waals surface area contributed by atoms with Gasteiger partial charge in [-0.25, -0.2) is 22.0 Å². The largest absolute Gasteiger partial charge is 0.457 e. The summed E-state index contributed by atoms with van der Waals surface area (Å²) < 4.78 is 66.3. The van der Waals surface area contributed by atoms with Crippen LogP contribution in [0.3, 0.4) is 0 Å². The standard InChI is InChI=1S/C32H45F2N3O7S/c1-22-8-10-26(38)20-29(39)44-30(23(2)9-11-28(22)43-31(40)36-16-14-35(4)15-17-36)24(3)18-25-6-5-7-27(19-25)45(41,42)37-13-12-32(33,34)21-37/h5-7,9,11,18-19,22-23,26,28,30,38H,8,10,12-17,20-21H2,1-4H3/b11-9+,24-18+/t22-,23-,26+,28-,30-/m0/s1. The van der Waals surface area contributed by atoms with Crippen molar-refractivity contribution in [3.8, 4) is 0 Å². The lowest BCUT2D eigenvalue weighted by atomic mass is 9.91. The summed E-state index contributed by atoms with van der Waals surface area (Å²) in [6.45, 7) is 7.10. The number of sulfonamides is 1. The van der Waals surface area contributed by atoms with E-state index in [9.17, 15) is 31.9 Å². The van der Waals surface area contributed by atoms with Crippen LogP contribution >= 0.6 is 0 Å². The molecular weight excluding hydrogens is 608 g/mol. The predicted octanol–water partition coefficient (Wildman–Crippen LogP) is 4.16. The lowest BCUT2D eigenvalue weighted by Gasteiger charge is -2.33. The molecule has 2 fully saturated rings. The molecule has 2 saturated heterocycles. The number of amides is 1. The second-order valence-corrected chi connectivity index (χ2v) is 14.5. The molecule has 5 atom stereocenters. The molecule has 0 aliphatic carbocycles. The van der Waals surface area contributed by atoms with E-state index in [1.165, 1.54) is 18.2 Å². The highest BCUT2D eigenvalue weighted by Crippen LogP contribution is 2.32. The van der Waals surface area contributed by atoms with E-state index >= 15 is 0 Å². The molecular formula is C32H45F2N3O7S. The van der Waals surface area contributed by atoms with Crippen LogP contribution in [0.25, 0.3) is 6.08 Å². The van der Waals surface area contributed by atoms with Crippen molar-refractivity contribution in [2.24, 2.45) is 11.8 Å². The number of halogens is 2. The third-order valence-corrected chi connectivity index (χ3v) is 10.6. The zero-order valence-corrected chi connectivity index (χ0v) is 27.2. The molecule has 0 unspecified atom stereocenters. The predicted molar refractivity (Wildman–Crippen MR) is 165 cm³/mol. The van der Waals surface area contributed by atoms with Gasteiger partial charge in [-0.2, -0.15) is 4.31 Å². The molecule has 3 heterocycles. The molecule has 250 valence electrons. The van der Waals surface area contributed by atoms with Crippen LogP contribution in [0.4, 0.5) is 13.6 Å². The summed E-state index contributed by atoms with van der Waals surface area (Å²) in [6.07, 6.45) is 2.82. The molecule has 1 aromatic rings. The van der Waals surface area contributed by atoms with Crippen LogP contribution in [0, 0.1) is 11.8 Å². The number of carbonyl (C=O) groups excluding carboxylic acids is 2. The molecule has 0 spiro atoms. The Balaban J connectivity index is 1.56. The van der Waals surface area contributed by atoms with Gasteiger partial charge in [-0.1, -0.05) is 38.1 Å². The second-order valence-electron chi connectivity index (χ2n) is 12.6. The number of alkyl halides is 2. The molecule has 3 aliphatic rings. The molecule has 0 aromatic heterocycles. The van der Waals surface area contributed by atoms with Crippen LogP contribution in [0.5, 0.6) is 0 Å². The molecule has 1 aromatic carbocycles. The van der Waals surface area contributed by atoms with Gasteiger partial charge in [-0.15, -0.1) is 0 Å². The van der Waals surface area contributed by atoms with E-state index in [1.807, 2.05) is 33.0 Å². The van der Waals surface area contributed by atoms with E-state index in [0.29, 0.717) is 37.1 Å². The summed E-state index contributed by atoms with van der Waals surface area (Å²) in [4.78, 5) is 29.6. The minimum absolute atomic E-state index is 0.104. The van der Waals surface area contributed by atoms with Gasteiger partial charge < -0.3 is 24.4 Å². The maximum absolute atomic E-state index is 13.8. The summed E-state index contributed by atoms with van der Waals surface area (Å²) in [5, 5.41) is 10.6. The molecule has 1 N–H and O–H groups in total. The highest BCUT2D eigenvalue weighted by Gasteiger charge is 2.43. The average molecular weight is 654 g/mol. The van der Waals surface area contributed by atoms with Crippen molar-refractivity contribution in [2.75, 3.05) is 46.3 Å². The number of cyclic esters (lactones) is 1. The number of ether oxygens (including phenoxy) is 2. The van der Waals surface area contributed by atoms with Crippen LogP contribution < -0.4 is 0 Å². The number of hydrogen-bond donors (Lipinski definition) is 1. The molecule has 13 heteroatoms. The van der Waals surface area contributed by atoms with Gasteiger partial charge in [0.1, 0.15) is 12.2 Å². The number of hydrogen-bond acceptors (Lipinski definition) is 8. The lowest BCUT2D eigenvalue weighted by molar-refractivity contribution is -0.151. The van der Waals surface area contributed by atoms with Crippen LogP contribution in [0.15, 0.2) is 46.9 Å². The first-order valence-electron chi connectivity index (χ1n) is 15.5. The first-order valence-corrected chi connectivity index (χ1v) is 16.9. The Labute approximate surface area is 264 Å². The number of carbonyl (C=O) groups is 2. The Kier molecular flexibility index (Phi) is 11.4. The maximum Gasteiger partial charge on any atom is 0.410 e. The van der Waals surface area contributed by atoms with Crippen molar-refractivity contribution in [1.82, 2.24) is 14.1 Å². The Hall–Kier alpha value is -2.87. The van der Waals surface area contributed by atoms with Gasteiger partial charge in [0.25, 0.3) is 5.92 Å². The van der Waals surface area contributed by atoms with Crippen LogP contribution in [-0.2, 0) is 24.3 Å². The van der Waals surface area contributed by atoms with Crippen molar-refractivity contribution in [3.05, 3.63) is 47.6 Å². The molecule has 0 radical (unpaired) electrons. The van der Waals surface area contributed by atoms with Crippen LogP contribution in [-0.4, -0.2) is 110 Å². The first-order chi connectivity index (χ1) is 21.1. The Morgan fingerprint density at radius 3 is 2.49 bits per heavy atom. The van der Waals surface area contributed by atoms with Crippen LogP contribution in [0.2, 0.25) is 0 Å². The van der Waals surface area contributed by atoms with Gasteiger partial charge in [-0.3, -0.25) is 4.79 Å². The number of esters is 1. The molecule has 3 aliphatic heterocycles. The van der Waals surface area contributed by atoms with Gasteiger partial charge in [0.2, 0.25) is 10.0 Å². The van der Waals surface area contributed by atoms with E-state index < -0.39 is 59.3 Å². The van der Waals surface area contributed by atoms with Gasteiger partial charge >= 0.3 is 12.1 Å². The Bertz CT molecular complexity index is 1380. The topological polar surface area (TPSA) is 117 Å². The minimum atomic E-state index is -4.13. The van der Waals surface area contributed by atoms with Crippen molar-refractivity contribution in [1.29, 1.82) is 0 Å². The SMILES string of the molecule is C/C(=C\c1cccc(S(=O)(=O)N2CCC(F)(F)C2)c1)[C@H]1OC(=O)C[C@H](O)CC[C@H](C)[C@@H](OC(=O)N2CCN(C)CC2)/C=C/[C@@H]1C. The van der Waals surface area contributed by atoms with E-state index in [-0.39, 0.29) is 29.7 Å². The first kappa shape index (κ1) is 35.0. The summed E-state index contributed by atoms with van der Waals surface area (Å²) in [7, 11) is -2.12. The highest BCUT2D eigenvalue weighted by atomic mass is 32.2. The molecule has 0 saturated carbocycles. The molecule has 0 bridgehead atoms. The van der Waals surface area contributed by atoms with Gasteiger partial charge in [0, 0.05) is 45.1 Å². The van der Waals surface area contributed by atoms with E-state index in [0.717, 1.165) is 17.4 Å². The minimum Gasteiger partial charge on any atom is -0.457 e. The van der Waals surface area contributed by atoms with Crippen molar-refractivity contribution < 1.29 is 41.4 Å². The lowest BCUT2D eigenvalue weighted by Crippen LogP contribution is -2.48. The molecule has 4 rings (SSSR count). The summed E-state index contributed by atoms with van der Waals surface area (Å²) in [5.74, 6) is -4.13. The van der Waals surface area contributed by atoms with E-state index in [4.69, 9.17) is 9.47 Å². The number of piperazine rings is 1. The Morgan fingerprint density at radius 2 is 1.82 bits per heavy atom. The smallest absolute Gasteiger partial charge is 0.410 e. The number of likely N-dealkylation sites (N-methyl/N-ethyl adjacent to an activating group) is 1. The summed E-state index contributed by atoms with van der Waals surface area (Å²) in [6, 6.07) is 5.99. The average Bonchev–Trinajstić information content (AvgIpc) is 3.36. The fourth-order valence-electron chi connectivity index (χ4n) is 5.80. The number of benzene rings is 1. The zero-order valence-electron chi connectivity index (χ0n) is 26.4. The molecule has 10 nitrogen and oxygen atoms in total. The fourth-order valence-corrected chi connectivity index (χ4v) is 7.32. The monoisotopic (exact) mass is 653 g/mol. The maximum atomic E-state index is 13.8. The van der Waals surface area contributed by atoms with Gasteiger partial charge in [-0.05, 0) is 62.1 Å². The number of aliphatic hydroxyl groups excluding tert-OH is 1. The molecule has 45 heavy (non-hydrogen) atoms. The number of aliphatic hydroxyl groups is 1. The third-order valence-electron chi connectivity index (χ3n) is 8.73. The van der Waals surface area contributed by atoms with Crippen molar-refractivity contribution in [2.45, 2.75) is 75.6 Å². The summed E-state index contributed by atoms with van der Waals surface area (Å²) >= 11 is 0. The molecule has 1 amide bonds. The zero-order chi connectivity index (χ0) is 32.9. The van der Waals surface area contributed by atoms with E-state index in [1.54, 1.807) is 24.0 Å². The highest BCUT2D eigenvalue weighted by molar-refractivity contribution is 7.89. The summed E-state index contributed by atoms with van der Waals surface area (Å²) in [5.41, 5.74) is 1.10. The van der Waals surface area contributed by atoms with Crippen molar-refractivity contribution >= 4 is 28.2 Å². The fraction of sp³-hybridized carbons (Fsp3) is 0.625. The Morgan fingerprint density at radius 1 is 1.11 bits per heavy atom. The number of rotatable bonds is 5. The third kappa shape index (κ3) is 9.34. The normalized spacial score (nSPS) is 30.2. The van der Waals surface area contributed by atoms with Gasteiger partial charge in [0.15, 0.2) is 0 Å². The quantitative estimate of drug-likeness (QED) is 0.372. The number of nitrogens with zero attached hydrogens (tertiary/aromatic N) is 3. The van der Waals surface area contributed by atoms with E-state index in [2.05, 4.69) is 4.90 Å². The second kappa shape index (κ2) is 14.7. The van der Waals surface area contributed by atoms with Crippen LogP contribution in [0.1, 0.15) is 52.0 Å².